The van der Waals surface area contributed by atoms with E-state index in [1.54, 1.807) is 9.58 Å². The van der Waals surface area contributed by atoms with Crippen LogP contribution in [0.25, 0.3) is 0 Å². The molecule has 2 aromatic carbocycles. The number of hydrogen-bond acceptors (Lipinski definition) is 4. The lowest BCUT2D eigenvalue weighted by atomic mass is 9.94. The number of hydrogen-bond donors (Lipinski definition) is 1. The number of nitrogens with zero attached hydrogens (tertiary/aromatic N) is 4. The van der Waals surface area contributed by atoms with E-state index in [2.05, 4.69) is 27.4 Å². The van der Waals surface area contributed by atoms with Crippen LogP contribution < -0.4 is 15.1 Å². The van der Waals surface area contributed by atoms with Crippen molar-refractivity contribution in [2.24, 2.45) is 7.05 Å². The summed E-state index contributed by atoms with van der Waals surface area (Å²) in [6.45, 7) is 2.99. The summed E-state index contributed by atoms with van der Waals surface area (Å²) in [4.78, 5) is 32.0. The van der Waals surface area contributed by atoms with Gasteiger partial charge in [-0.05, 0) is 55.4 Å². The summed E-state index contributed by atoms with van der Waals surface area (Å²) >= 11 is 0. The Balaban J connectivity index is 1.52. The molecule has 194 valence electrons. The maximum absolute atomic E-state index is 14.2. The summed E-state index contributed by atoms with van der Waals surface area (Å²) in [6, 6.07) is 17.3. The van der Waals surface area contributed by atoms with Gasteiger partial charge >= 0.3 is 0 Å². The van der Waals surface area contributed by atoms with Crippen molar-refractivity contribution >= 4 is 23.3 Å². The molecular weight excluding hydrogens is 462 g/mol. The fourth-order valence-corrected chi connectivity index (χ4v) is 5.77. The van der Waals surface area contributed by atoms with Gasteiger partial charge < -0.3 is 10.2 Å². The van der Waals surface area contributed by atoms with Crippen LogP contribution in [0.5, 0.6) is 0 Å². The fraction of sp³-hybridized carbons (Fsp3) is 0.433. The van der Waals surface area contributed by atoms with Crippen molar-refractivity contribution in [2.75, 3.05) is 22.9 Å². The molecule has 37 heavy (non-hydrogen) atoms. The number of aromatic nitrogens is 2. The van der Waals surface area contributed by atoms with Gasteiger partial charge in [0, 0.05) is 37.6 Å². The second-order valence-electron chi connectivity index (χ2n) is 10.4. The molecule has 0 bridgehead atoms. The van der Waals surface area contributed by atoms with E-state index < -0.39 is 6.04 Å². The molecule has 2 heterocycles. The van der Waals surface area contributed by atoms with Gasteiger partial charge in [-0.3, -0.25) is 19.2 Å². The highest BCUT2D eigenvalue weighted by molar-refractivity contribution is 6.02. The van der Waals surface area contributed by atoms with E-state index in [4.69, 9.17) is 0 Å². The molecule has 0 radical (unpaired) electrons. The number of fused-ring (bicyclic) bond motifs is 1. The Bertz CT molecular complexity index is 1250. The largest absolute Gasteiger partial charge is 0.362 e. The first-order valence-electron chi connectivity index (χ1n) is 13.5. The van der Waals surface area contributed by atoms with Crippen LogP contribution in [0.1, 0.15) is 61.3 Å². The van der Waals surface area contributed by atoms with Crippen molar-refractivity contribution < 1.29 is 9.59 Å². The van der Waals surface area contributed by atoms with E-state index in [1.807, 2.05) is 62.6 Å². The van der Waals surface area contributed by atoms with Crippen molar-refractivity contribution in [3.63, 3.8) is 0 Å². The average Bonchev–Trinajstić information content (AvgIpc) is 3.34. The maximum Gasteiger partial charge on any atom is 0.248 e. The molecular formula is C30H37N5O2. The topological polar surface area (TPSA) is 70.5 Å². The Hall–Kier alpha value is -3.61. The van der Waals surface area contributed by atoms with Gasteiger partial charge in [-0.1, -0.05) is 61.7 Å². The lowest BCUT2D eigenvalue weighted by Gasteiger charge is -2.36. The Labute approximate surface area is 219 Å². The first kappa shape index (κ1) is 25.1. The van der Waals surface area contributed by atoms with Crippen molar-refractivity contribution in [3.8, 4) is 0 Å². The van der Waals surface area contributed by atoms with Crippen molar-refractivity contribution in [3.05, 3.63) is 77.5 Å². The zero-order valence-electron chi connectivity index (χ0n) is 21.9. The summed E-state index contributed by atoms with van der Waals surface area (Å²) in [5.74, 6) is 0.214. The molecule has 2 aliphatic rings. The number of para-hydroxylation sites is 1. The molecule has 1 aliphatic heterocycles. The van der Waals surface area contributed by atoms with E-state index in [0.717, 1.165) is 61.9 Å². The Morgan fingerprint density at radius 1 is 1.03 bits per heavy atom. The van der Waals surface area contributed by atoms with Crippen molar-refractivity contribution in [1.82, 2.24) is 15.1 Å². The van der Waals surface area contributed by atoms with E-state index in [9.17, 15) is 9.59 Å². The predicted octanol–water partition coefficient (Wildman–Crippen LogP) is 4.70. The first-order valence-corrected chi connectivity index (χ1v) is 13.5. The summed E-state index contributed by atoms with van der Waals surface area (Å²) in [6.07, 6.45) is 9.25. The smallest absolute Gasteiger partial charge is 0.248 e. The summed E-state index contributed by atoms with van der Waals surface area (Å²) in [5, 5.41) is 7.89. The number of carbonyl (C=O) groups excluding carboxylic acids is 2. The first-order chi connectivity index (χ1) is 18.0. The third-order valence-corrected chi connectivity index (χ3v) is 7.69. The van der Waals surface area contributed by atoms with Crippen molar-refractivity contribution in [1.29, 1.82) is 0 Å². The number of benzene rings is 2. The number of anilines is 2. The third kappa shape index (κ3) is 5.55. The van der Waals surface area contributed by atoms with E-state index >= 15 is 0 Å². The van der Waals surface area contributed by atoms with Crippen LogP contribution in [0, 0.1) is 6.92 Å². The Morgan fingerprint density at radius 2 is 1.78 bits per heavy atom. The Morgan fingerprint density at radius 3 is 2.54 bits per heavy atom. The molecule has 1 aliphatic carbocycles. The van der Waals surface area contributed by atoms with Crippen LogP contribution in [-0.4, -0.2) is 40.7 Å². The molecule has 0 saturated heterocycles. The van der Waals surface area contributed by atoms with Gasteiger partial charge in [0.15, 0.2) is 5.82 Å². The minimum Gasteiger partial charge on any atom is -0.362 e. The third-order valence-electron chi connectivity index (χ3n) is 7.69. The van der Waals surface area contributed by atoms with Gasteiger partial charge in [0.05, 0.1) is 6.54 Å². The summed E-state index contributed by atoms with van der Waals surface area (Å²) in [7, 11) is 1.83. The number of nitrogens with one attached hydrogen (secondary N) is 1. The molecule has 7 nitrogen and oxygen atoms in total. The molecule has 1 saturated carbocycles. The molecule has 2 amide bonds. The van der Waals surface area contributed by atoms with Gasteiger partial charge in [-0.25, -0.2) is 0 Å². The molecule has 1 fully saturated rings. The van der Waals surface area contributed by atoms with Gasteiger partial charge in [-0.2, -0.15) is 5.10 Å². The SMILES string of the molecule is Cc1ccccc1C(C(=O)NC1CCCCC1)N(C(=O)CN1CCCc2ccccc21)c1ccn(C)n1. The lowest BCUT2D eigenvalue weighted by molar-refractivity contribution is -0.127. The molecule has 1 aromatic heterocycles. The number of rotatable bonds is 7. The molecule has 3 aromatic rings. The van der Waals surface area contributed by atoms with E-state index in [1.165, 1.54) is 12.0 Å². The summed E-state index contributed by atoms with van der Waals surface area (Å²) < 4.78 is 1.68. The Kier molecular flexibility index (Phi) is 7.58. The van der Waals surface area contributed by atoms with Crippen LogP contribution in [0.3, 0.4) is 0 Å². The standard InChI is InChI=1S/C30H37N5O2/c1-22-11-6-8-16-25(22)29(30(37)31-24-14-4-3-5-15-24)35(27-18-20-33(2)32-27)28(36)21-34-19-10-13-23-12-7-9-17-26(23)34/h6-9,11-12,16-18,20,24,29H,3-5,10,13-15,19,21H2,1-2H3,(H,31,37). The van der Waals surface area contributed by atoms with Crippen LogP contribution in [0.2, 0.25) is 0 Å². The van der Waals surface area contributed by atoms with Crippen LogP contribution in [0.15, 0.2) is 60.8 Å². The molecule has 1 atom stereocenters. The lowest BCUT2D eigenvalue weighted by Crippen LogP contribution is -2.50. The fourth-order valence-electron chi connectivity index (χ4n) is 5.77. The molecule has 1 unspecified atom stereocenters. The van der Waals surface area contributed by atoms with Gasteiger partial charge in [0.2, 0.25) is 11.8 Å². The molecule has 1 N–H and O–H groups in total. The van der Waals surface area contributed by atoms with Gasteiger partial charge in [0.1, 0.15) is 6.04 Å². The zero-order chi connectivity index (χ0) is 25.8. The average molecular weight is 500 g/mol. The van der Waals surface area contributed by atoms with Crippen LogP contribution >= 0.6 is 0 Å². The summed E-state index contributed by atoms with van der Waals surface area (Å²) in [5.41, 5.74) is 4.16. The van der Waals surface area contributed by atoms with Crippen LogP contribution in [-0.2, 0) is 23.1 Å². The van der Waals surface area contributed by atoms with E-state index in [-0.39, 0.29) is 24.4 Å². The molecule has 7 heteroatoms. The van der Waals surface area contributed by atoms with Crippen molar-refractivity contribution in [2.45, 2.75) is 64.0 Å². The predicted molar refractivity (Wildman–Crippen MR) is 147 cm³/mol. The number of amides is 2. The highest BCUT2D eigenvalue weighted by Gasteiger charge is 2.37. The molecule has 5 rings (SSSR count). The van der Waals surface area contributed by atoms with E-state index in [0.29, 0.717) is 5.82 Å². The number of aryl methyl sites for hydroxylation is 3. The van der Waals surface area contributed by atoms with Gasteiger partial charge in [0.25, 0.3) is 0 Å². The quantitative estimate of drug-likeness (QED) is 0.511. The number of carbonyl (C=O) groups is 2. The monoisotopic (exact) mass is 499 g/mol. The second-order valence-corrected chi connectivity index (χ2v) is 10.4. The van der Waals surface area contributed by atoms with Crippen LogP contribution in [0.4, 0.5) is 11.5 Å². The molecule has 0 spiro atoms. The normalized spacial score (nSPS) is 16.6. The zero-order valence-corrected chi connectivity index (χ0v) is 21.9. The minimum atomic E-state index is -0.800. The highest BCUT2D eigenvalue weighted by Crippen LogP contribution is 2.32. The van der Waals surface area contributed by atoms with Gasteiger partial charge in [-0.15, -0.1) is 0 Å². The second kappa shape index (κ2) is 11.2. The highest BCUT2D eigenvalue weighted by atomic mass is 16.2. The maximum atomic E-state index is 14.2. The minimum absolute atomic E-state index is 0.137.